The number of aromatic nitrogens is 3. The van der Waals surface area contributed by atoms with Crippen LogP contribution in [-0.2, 0) is 0 Å². The van der Waals surface area contributed by atoms with Crippen LogP contribution in [0.25, 0.3) is 5.78 Å². The fourth-order valence-electron chi connectivity index (χ4n) is 2.55. The smallest absolute Gasteiger partial charge is 0.234 e. The average Bonchev–Trinajstić information content (AvgIpc) is 2.64. The molecule has 15 heavy (non-hydrogen) atoms. The molecule has 1 aliphatic rings. The maximum atomic E-state index is 4.64. The number of hydrogen-bond donors (Lipinski definition) is 0. The van der Waals surface area contributed by atoms with Crippen molar-refractivity contribution in [1.82, 2.24) is 14.4 Å². The van der Waals surface area contributed by atoms with Crippen LogP contribution in [0.2, 0.25) is 0 Å². The molecular weight excluding hydrogens is 186 g/mol. The highest BCUT2D eigenvalue weighted by atomic mass is 15.1. The van der Waals surface area contributed by atoms with Crippen molar-refractivity contribution in [3.63, 3.8) is 0 Å². The average molecular weight is 201 g/mol. The Morgan fingerprint density at radius 2 is 2.07 bits per heavy atom. The lowest BCUT2D eigenvalue weighted by Gasteiger charge is -2.23. The van der Waals surface area contributed by atoms with E-state index in [0.29, 0.717) is 11.8 Å². The van der Waals surface area contributed by atoms with E-state index in [-0.39, 0.29) is 0 Å². The van der Waals surface area contributed by atoms with Crippen molar-refractivity contribution >= 4 is 5.78 Å². The van der Waals surface area contributed by atoms with Crippen LogP contribution in [0.1, 0.15) is 49.9 Å². The first-order valence-corrected chi connectivity index (χ1v) is 5.60. The van der Waals surface area contributed by atoms with Gasteiger partial charge in [-0.05, 0) is 24.8 Å². The van der Waals surface area contributed by atoms with Crippen LogP contribution in [0, 0.1) is 0 Å². The van der Waals surface area contributed by atoms with Gasteiger partial charge in [0.05, 0.1) is 11.4 Å². The molecule has 0 fully saturated rings. The molecule has 1 aliphatic carbocycles. The molecule has 0 amide bonds. The van der Waals surface area contributed by atoms with Crippen LogP contribution in [0.15, 0.2) is 18.5 Å². The fraction of sp³-hybridized carbons (Fsp3) is 0.500. The molecule has 0 N–H and O–H groups in total. The molecule has 0 spiro atoms. The number of nitrogens with zero attached hydrogens (tertiary/aromatic N) is 3. The van der Waals surface area contributed by atoms with Crippen LogP contribution < -0.4 is 0 Å². The minimum atomic E-state index is 0.581. The minimum Gasteiger partial charge on any atom is -0.288 e. The molecule has 3 nitrogen and oxygen atoms in total. The van der Waals surface area contributed by atoms with E-state index in [1.807, 2.05) is 12.3 Å². The van der Waals surface area contributed by atoms with Crippen molar-refractivity contribution in [2.75, 3.05) is 0 Å². The van der Waals surface area contributed by atoms with Gasteiger partial charge in [0.1, 0.15) is 0 Å². The maximum absolute atomic E-state index is 4.64. The second-order valence-corrected chi connectivity index (χ2v) is 4.55. The summed E-state index contributed by atoms with van der Waals surface area (Å²) in [4.78, 5) is 8.94. The molecule has 2 heterocycles. The van der Waals surface area contributed by atoms with Crippen molar-refractivity contribution in [2.24, 2.45) is 0 Å². The van der Waals surface area contributed by atoms with E-state index < -0.39 is 0 Å². The Hall–Kier alpha value is -1.38. The second kappa shape index (κ2) is 3.05. The van der Waals surface area contributed by atoms with Crippen LogP contribution in [0.4, 0.5) is 0 Å². The number of rotatable bonds is 0. The van der Waals surface area contributed by atoms with E-state index in [1.165, 1.54) is 24.2 Å². The van der Waals surface area contributed by atoms with Crippen LogP contribution in [0.5, 0.6) is 0 Å². The SMILES string of the molecule is CC1CCC(C)c2c1nc1ncccn21. The summed E-state index contributed by atoms with van der Waals surface area (Å²) in [6.07, 6.45) is 6.39. The summed E-state index contributed by atoms with van der Waals surface area (Å²) in [6.45, 7) is 4.54. The van der Waals surface area contributed by atoms with E-state index in [1.54, 1.807) is 0 Å². The van der Waals surface area contributed by atoms with Crippen molar-refractivity contribution in [2.45, 2.75) is 38.5 Å². The summed E-state index contributed by atoms with van der Waals surface area (Å²) in [5.41, 5.74) is 2.63. The molecule has 3 heteroatoms. The van der Waals surface area contributed by atoms with Gasteiger partial charge < -0.3 is 0 Å². The summed E-state index contributed by atoms with van der Waals surface area (Å²) in [5.74, 6) is 2.04. The summed E-state index contributed by atoms with van der Waals surface area (Å²) in [6, 6.07) is 1.97. The van der Waals surface area contributed by atoms with Gasteiger partial charge in [0.2, 0.25) is 5.78 Å². The molecule has 2 aromatic rings. The lowest BCUT2D eigenvalue weighted by molar-refractivity contribution is 0.508. The normalized spacial score (nSPS) is 25.5. The highest BCUT2D eigenvalue weighted by molar-refractivity contribution is 5.39. The molecule has 0 bridgehead atoms. The van der Waals surface area contributed by atoms with Gasteiger partial charge >= 0.3 is 0 Å². The Morgan fingerprint density at radius 3 is 2.93 bits per heavy atom. The molecular formula is C12H15N3. The first-order chi connectivity index (χ1) is 7.27. The Morgan fingerprint density at radius 1 is 1.27 bits per heavy atom. The first-order valence-electron chi connectivity index (χ1n) is 5.60. The maximum Gasteiger partial charge on any atom is 0.234 e. The highest BCUT2D eigenvalue weighted by Gasteiger charge is 2.27. The minimum absolute atomic E-state index is 0.581. The Labute approximate surface area is 89.2 Å². The highest BCUT2D eigenvalue weighted by Crippen LogP contribution is 2.37. The lowest BCUT2D eigenvalue weighted by Crippen LogP contribution is -2.11. The van der Waals surface area contributed by atoms with E-state index >= 15 is 0 Å². The van der Waals surface area contributed by atoms with Gasteiger partial charge in [0.15, 0.2) is 0 Å². The summed E-state index contributed by atoms with van der Waals surface area (Å²) >= 11 is 0. The monoisotopic (exact) mass is 201 g/mol. The number of imidazole rings is 1. The Bertz CT molecular complexity index is 501. The molecule has 2 atom stereocenters. The molecule has 2 aromatic heterocycles. The van der Waals surface area contributed by atoms with Crippen molar-refractivity contribution in [3.8, 4) is 0 Å². The van der Waals surface area contributed by atoms with Crippen molar-refractivity contribution < 1.29 is 0 Å². The largest absolute Gasteiger partial charge is 0.288 e. The molecule has 0 aromatic carbocycles. The van der Waals surface area contributed by atoms with E-state index in [4.69, 9.17) is 0 Å². The first kappa shape index (κ1) is 8.89. The molecule has 3 rings (SSSR count). The molecule has 0 radical (unpaired) electrons. The molecule has 0 saturated carbocycles. The van der Waals surface area contributed by atoms with E-state index in [2.05, 4.69) is 34.4 Å². The van der Waals surface area contributed by atoms with E-state index in [9.17, 15) is 0 Å². The van der Waals surface area contributed by atoms with Gasteiger partial charge in [-0.2, -0.15) is 0 Å². The van der Waals surface area contributed by atoms with Gasteiger partial charge in [-0.15, -0.1) is 0 Å². The van der Waals surface area contributed by atoms with Gasteiger partial charge in [-0.1, -0.05) is 13.8 Å². The van der Waals surface area contributed by atoms with Gasteiger partial charge in [0.25, 0.3) is 0 Å². The van der Waals surface area contributed by atoms with Gasteiger partial charge in [-0.25, -0.2) is 9.97 Å². The third-order valence-corrected chi connectivity index (χ3v) is 3.44. The molecule has 0 aliphatic heterocycles. The fourth-order valence-corrected chi connectivity index (χ4v) is 2.55. The molecule has 78 valence electrons. The van der Waals surface area contributed by atoms with Crippen molar-refractivity contribution in [3.05, 3.63) is 29.8 Å². The quantitative estimate of drug-likeness (QED) is 0.656. The third kappa shape index (κ3) is 1.19. The predicted octanol–water partition coefficient (Wildman–Crippen LogP) is 2.73. The van der Waals surface area contributed by atoms with Gasteiger partial charge in [0, 0.05) is 18.3 Å². The molecule has 0 saturated heterocycles. The van der Waals surface area contributed by atoms with Crippen LogP contribution in [0.3, 0.4) is 0 Å². The summed E-state index contributed by atoms with van der Waals surface area (Å²) in [5, 5.41) is 0. The Balaban J connectivity index is 2.34. The van der Waals surface area contributed by atoms with Gasteiger partial charge in [-0.3, -0.25) is 4.40 Å². The van der Waals surface area contributed by atoms with E-state index in [0.717, 1.165) is 5.78 Å². The zero-order valence-electron chi connectivity index (χ0n) is 9.14. The third-order valence-electron chi connectivity index (χ3n) is 3.44. The lowest BCUT2D eigenvalue weighted by atomic mass is 9.85. The van der Waals surface area contributed by atoms with Crippen LogP contribution >= 0.6 is 0 Å². The second-order valence-electron chi connectivity index (χ2n) is 4.55. The van der Waals surface area contributed by atoms with Crippen LogP contribution in [-0.4, -0.2) is 14.4 Å². The Kier molecular flexibility index (Phi) is 1.81. The topological polar surface area (TPSA) is 30.2 Å². The van der Waals surface area contributed by atoms with Crippen molar-refractivity contribution in [1.29, 1.82) is 0 Å². The standard InChI is InChI=1S/C12H15N3/c1-8-4-5-9(2)11-10(8)14-12-13-6-3-7-15(11)12/h3,6-9H,4-5H2,1-2H3. The zero-order chi connectivity index (χ0) is 10.4. The predicted molar refractivity (Wildman–Crippen MR) is 59.1 cm³/mol. The zero-order valence-corrected chi connectivity index (χ0v) is 9.14. The molecule has 2 unspecified atom stereocenters. The summed E-state index contributed by atoms with van der Waals surface area (Å²) < 4.78 is 2.15. The summed E-state index contributed by atoms with van der Waals surface area (Å²) in [7, 11) is 0. The number of hydrogen-bond acceptors (Lipinski definition) is 2. The number of fused-ring (bicyclic) bond motifs is 3.